The summed E-state index contributed by atoms with van der Waals surface area (Å²) in [7, 11) is 0. The topological polar surface area (TPSA) is 99.2 Å². The largest absolute Gasteiger partial charge is 0.416 e. The zero-order valence-corrected chi connectivity index (χ0v) is 21.3. The lowest BCUT2D eigenvalue weighted by Gasteiger charge is -2.30. The van der Waals surface area contributed by atoms with Crippen LogP contribution in [-0.4, -0.2) is 37.4 Å². The number of hydrogen-bond donors (Lipinski definition) is 2. The van der Waals surface area contributed by atoms with Gasteiger partial charge < -0.3 is 15.0 Å². The molecule has 0 bridgehead atoms. The van der Waals surface area contributed by atoms with E-state index in [4.69, 9.17) is 4.98 Å². The lowest BCUT2D eigenvalue weighted by Crippen LogP contribution is -2.42. The number of carbonyl (C=O) groups excluding carboxylic acids is 1. The monoisotopic (exact) mass is 546 g/mol. The van der Waals surface area contributed by atoms with Crippen molar-refractivity contribution in [2.24, 2.45) is 0 Å². The Balaban J connectivity index is 1.22. The van der Waals surface area contributed by atoms with Crippen molar-refractivity contribution >= 4 is 5.91 Å². The van der Waals surface area contributed by atoms with Crippen LogP contribution in [-0.2, 0) is 29.4 Å². The smallest absolute Gasteiger partial charge is 0.377 e. The molecule has 3 heterocycles. The van der Waals surface area contributed by atoms with Crippen LogP contribution >= 0.6 is 0 Å². The van der Waals surface area contributed by atoms with E-state index in [2.05, 4.69) is 9.97 Å². The number of nitrogens with zero attached hydrogens (tertiary/aromatic N) is 3. The second kappa shape index (κ2) is 9.71. The van der Waals surface area contributed by atoms with Gasteiger partial charge in [0.05, 0.1) is 40.2 Å². The van der Waals surface area contributed by atoms with Gasteiger partial charge in [0.25, 0.3) is 11.5 Å². The molecule has 0 spiro atoms. The number of fused-ring (bicyclic) bond motifs is 1. The van der Waals surface area contributed by atoms with E-state index in [1.165, 1.54) is 35.2 Å². The van der Waals surface area contributed by atoms with Crippen LogP contribution in [0.25, 0.3) is 11.3 Å². The SMILES string of the molecule is O=C(C(O)c1cccc(-c2cccc(C(F)(F)F)c2)n1)N1CCc2nc(C3(c4ccccc4)CC3)[nH]c(=O)c2C1. The Morgan fingerprint density at radius 1 is 1.00 bits per heavy atom. The average Bonchev–Trinajstić information content (AvgIpc) is 3.79. The van der Waals surface area contributed by atoms with Gasteiger partial charge in [0.2, 0.25) is 0 Å². The van der Waals surface area contributed by atoms with E-state index < -0.39 is 23.8 Å². The van der Waals surface area contributed by atoms with Crippen molar-refractivity contribution in [2.45, 2.75) is 43.5 Å². The zero-order chi connectivity index (χ0) is 28.1. The lowest BCUT2D eigenvalue weighted by molar-refractivity contribution is -0.141. The molecule has 6 rings (SSSR count). The minimum atomic E-state index is -4.51. The van der Waals surface area contributed by atoms with Gasteiger partial charge in [-0.2, -0.15) is 13.2 Å². The summed E-state index contributed by atoms with van der Waals surface area (Å²) in [5.41, 5.74) is 1.11. The maximum absolute atomic E-state index is 13.2. The predicted octanol–water partition coefficient (Wildman–Crippen LogP) is 4.55. The molecular weight excluding hydrogens is 521 g/mol. The van der Waals surface area contributed by atoms with E-state index in [1.54, 1.807) is 0 Å². The van der Waals surface area contributed by atoms with Crippen molar-refractivity contribution in [1.82, 2.24) is 19.9 Å². The Morgan fingerprint density at radius 3 is 2.48 bits per heavy atom. The van der Waals surface area contributed by atoms with Gasteiger partial charge in [0, 0.05) is 18.5 Å². The number of pyridine rings is 1. The summed E-state index contributed by atoms with van der Waals surface area (Å²) in [4.78, 5) is 39.7. The zero-order valence-electron chi connectivity index (χ0n) is 21.3. The van der Waals surface area contributed by atoms with Gasteiger partial charge in [-0.15, -0.1) is 0 Å². The Bertz CT molecular complexity index is 1650. The third-order valence-electron chi connectivity index (χ3n) is 7.68. The van der Waals surface area contributed by atoms with E-state index >= 15 is 0 Å². The fraction of sp³-hybridized carbons (Fsp3) is 0.267. The number of aromatic nitrogens is 3. The maximum Gasteiger partial charge on any atom is 0.416 e. The molecule has 2 aliphatic rings. The van der Waals surface area contributed by atoms with Crippen LogP contribution in [0.2, 0.25) is 0 Å². The number of nitrogens with one attached hydrogen (secondary N) is 1. The molecule has 1 amide bonds. The third-order valence-corrected chi connectivity index (χ3v) is 7.68. The normalized spacial score (nSPS) is 16.8. The first-order valence-electron chi connectivity index (χ1n) is 13.0. The summed E-state index contributed by atoms with van der Waals surface area (Å²) in [6, 6.07) is 19.1. The van der Waals surface area contributed by atoms with E-state index in [0.29, 0.717) is 23.5 Å². The second-order valence-electron chi connectivity index (χ2n) is 10.2. The molecule has 1 saturated carbocycles. The highest BCUT2D eigenvalue weighted by Gasteiger charge is 2.48. The first-order valence-corrected chi connectivity index (χ1v) is 13.0. The predicted molar refractivity (Wildman–Crippen MR) is 140 cm³/mol. The summed E-state index contributed by atoms with van der Waals surface area (Å²) in [6.45, 7) is 0.240. The van der Waals surface area contributed by atoms with Crippen LogP contribution in [0.3, 0.4) is 0 Å². The van der Waals surface area contributed by atoms with Gasteiger partial charge in [-0.1, -0.05) is 48.5 Å². The fourth-order valence-electron chi connectivity index (χ4n) is 5.30. The molecule has 1 aliphatic heterocycles. The van der Waals surface area contributed by atoms with Crippen LogP contribution < -0.4 is 5.56 Å². The van der Waals surface area contributed by atoms with Crippen LogP contribution in [0, 0.1) is 0 Å². The highest BCUT2D eigenvalue weighted by atomic mass is 19.4. The van der Waals surface area contributed by atoms with Gasteiger partial charge in [-0.25, -0.2) is 9.97 Å². The second-order valence-corrected chi connectivity index (χ2v) is 10.2. The summed E-state index contributed by atoms with van der Waals surface area (Å²) in [5, 5.41) is 10.9. The minimum Gasteiger partial charge on any atom is -0.377 e. The summed E-state index contributed by atoms with van der Waals surface area (Å²) in [6.07, 6.45) is -4.02. The lowest BCUT2D eigenvalue weighted by atomic mass is 9.94. The summed E-state index contributed by atoms with van der Waals surface area (Å²) in [5.74, 6) is -0.0105. The summed E-state index contributed by atoms with van der Waals surface area (Å²) >= 11 is 0. The van der Waals surface area contributed by atoms with Crippen molar-refractivity contribution in [3.8, 4) is 11.3 Å². The molecule has 1 atom stereocenters. The van der Waals surface area contributed by atoms with Crippen LogP contribution in [0.1, 0.15) is 52.8 Å². The Kier molecular flexibility index (Phi) is 6.29. The number of amides is 1. The molecule has 2 aromatic carbocycles. The van der Waals surface area contributed by atoms with E-state index in [-0.39, 0.29) is 41.0 Å². The van der Waals surface area contributed by atoms with Gasteiger partial charge in [-0.05, 0) is 42.7 Å². The van der Waals surface area contributed by atoms with Gasteiger partial charge in [0.15, 0.2) is 6.10 Å². The molecule has 40 heavy (non-hydrogen) atoms. The molecule has 2 aromatic heterocycles. The number of aliphatic hydroxyl groups is 1. The van der Waals surface area contributed by atoms with Gasteiger partial charge in [0.1, 0.15) is 5.82 Å². The average molecular weight is 547 g/mol. The molecule has 0 saturated heterocycles. The number of hydrogen-bond acceptors (Lipinski definition) is 5. The van der Waals surface area contributed by atoms with Crippen LogP contribution in [0.4, 0.5) is 13.2 Å². The van der Waals surface area contributed by atoms with Gasteiger partial charge in [-0.3, -0.25) is 9.59 Å². The Morgan fingerprint density at radius 2 is 1.75 bits per heavy atom. The molecule has 0 radical (unpaired) electrons. The van der Waals surface area contributed by atoms with Crippen molar-refractivity contribution in [3.05, 3.63) is 117 Å². The number of H-pyrrole nitrogens is 1. The van der Waals surface area contributed by atoms with Crippen molar-refractivity contribution < 1.29 is 23.1 Å². The fourth-order valence-corrected chi connectivity index (χ4v) is 5.30. The first kappa shape index (κ1) is 25.9. The molecular formula is C30H25F3N4O3. The number of benzene rings is 2. The molecule has 10 heteroatoms. The Hall–Kier alpha value is -4.31. The number of aliphatic hydroxyl groups excluding tert-OH is 1. The molecule has 2 N–H and O–H groups in total. The van der Waals surface area contributed by atoms with E-state index in [1.807, 2.05) is 30.3 Å². The van der Waals surface area contributed by atoms with Gasteiger partial charge >= 0.3 is 6.18 Å². The van der Waals surface area contributed by atoms with Crippen molar-refractivity contribution in [3.63, 3.8) is 0 Å². The summed E-state index contributed by atoms with van der Waals surface area (Å²) < 4.78 is 39.5. The van der Waals surface area contributed by atoms with Crippen molar-refractivity contribution in [2.75, 3.05) is 6.54 Å². The van der Waals surface area contributed by atoms with Crippen LogP contribution in [0.5, 0.6) is 0 Å². The first-order chi connectivity index (χ1) is 19.2. The highest BCUT2D eigenvalue weighted by molar-refractivity contribution is 5.82. The molecule has 1 unspecified atom stereocenters. The Labute approximate surface area is 227 Å². The van der Waals surface area contributed by atoms with E-state index in [9.17, 15) is 27.9 Å². The maximum atomic E-state index is 13.2. The third kappa shape index (κ3) is 4.68. The number of rotatable bonds is 5. The van der Waals surface area contributed by atoms with E-state index in [0.717, 1.165) is 30.5 Å². The molecule has 204 valence electrons. The molecule has 4 aromatic rings. The molecule has 7 nitrogen and oxygen atoms in total. The van der Waals surface area contributed by atoms with Crippen LogP contribution in [0.15, 0.2) is 77.6 Å². The standard InChI is InChI=1S/C30H25F3N4O3/c31-30(32,33)20-9-4-6-18(16-20)22-10-5-11-24(34-22)25(38)27(40)37-15-12-23-21(17-37)26(39)36-28(35-23)29(13-14-29)19-7-2-1-3-8-19/h1-11,16,25,38H,12-15,17H2,(H,35,36,39). The highest BCUT2D eigenvalue weighted by Crippen LogP contribution is 2.52. The number of carbonyl (C=O) groups is 1. The molecule has 1 fully saturated rings. The number of halogens is 3. The minimum absolute atomic E-state index is 0.00614. The quantitative estimate of drug-likeness (QED) is 0.383. The number of aromatic amines is 1. The van der Waals surface area contributed by atoms with Crippen molar-refractivity contribution in [1.29, 1.82) is 0 Å². The molecule has 1 aliphatic carbocycles. The number of alkyl halides is 3.